The first-order valence-corrected chi connectivity index (χ1v) is 9.30. The van der Waals surface area contributed by atoms with E-state index in [1.807, 2.05) is 6.07 Å². The largest absolute Gasteiger partial charge is 0.508 e. The molecule has 0 saturated carbocycles. The van der Waals surface area contributed by atoms with Crippen LogP contribution in [0, 0.1) is 0 Å². The Kier molecular flexibility index (Phi) is 4.57. The van der Waals surface area contributed by atoms with Gasteiger partial charge in [-0.15, -0.1) is 5.10 Å². The van der Waals surface area contributed by atoms with E-state index in [0.29, 0.717) is 10.8 Å². The number of aromatic hydroxyl groups is 1. The topological polar surface area (TPSA) is 92.9 Å². The lowest BCUT2D eigenvalue weighted by molar-refractivity contribution is -0.113. The maximum Gasteiger partial charge on any atom is 0.234 e. The fourth-order valence-electron chi connectivity index (χ4n) is 3.00. The molecular weight excluding hydrogens is 350 g/mol. The summed E-state index contributed by atoms with van der Waals surface area (Å²) < 4.78 is 1.53. The van der Waals surface area contributed by atoms with Gasteiger partial charge in [-0.05, 0) is 77.2 Å². The van der Waals surface area contributed by atoms with Crippen molar-refractivity contribution in [3.63, 3.8) is 0 Å². The molecule has 7 nitrogen and oxygen atoms in total. The molecule has 3 aromatic rings. The summed E-state index contributed by atoms with van der Waals surface area (Å²) in [7, 11) is 0. The number of carbonyl (C=O) groups is 1. The van der Waals surface area contributed by atoms with Crippen LogP contribution in [0.1, 0.15) is 17.5 Å². The molecule has 1 heterocycles. The summed E-state index contributed by atoms with van der Waals surface area (Å²) in [6.45, 7) is 0. The zero-order valence-corrected chi connectivity index (χ0v) is 14.7. The molecule has 1 aliphatic carbocycles. The standard InChI is InChI=1S/C18H17N5O2S/c24-16-8-6-15(7-9-16)23-18(20-21-22-23)26-11-17(25)19-14-5-4-12-2-1-3-13(12)10-14/h4-10,24H,1-3,11H2,(H,19,25). The summed E-state index contributed by atoms with van der Waals surface area (Å²) in [5, 5.41) is 24.4. The van der Waals surface area contributed by atoms with Crippen LogP contribution >= 0.6 is 11.8 Å². The lowest BCUT2D eigenvalue weighted by Gasteiger charge is -2.07. The zero-order chi connectivity index (χ0) is 17.9. The highest BCUT2D eigenvalue weighted by Gasteiger charge is 2.14. The van der Waals surface area contributed by atoms with Crippen LogP contribution in [0.25, 0.3) is 5.69 Å². The molecule has 0 spiro atoms. The Balaban J connectivity index is 1.39. The highest BCUT2D eigenvalue weighted by atomic mass is 32.2. The van der Waals surface area contributed by atoms with Gasteiger partial charge in [-0.2, -0.15) is 4.68 Å². The Morgan fingerprint density at radius 2 is 1.96 bits per heavy atom. The van der Waals surface area contributed by atoms with Gasteiger partial charge < -0.3 is 10.4 Å². The van der Waals surface area contributed by atoms with Crippen molar-refractivity contribution in [1.82, 2.24) is 20.2 Å². The van der Waals surface area contributed by atoms with Crippen molar-refractivity contribution in [1.29, 1.82) is 0 Å². The van der Waals surface area contributed by atoms with E-state index in [-0.39, 0.29) is 17.4 Å². The molecule has 0 bridgehead atoms. The lowest BCUT2D eigenvalue weighted by atomic mass is 10.1. The van der Waals surface area contributed by atoms with Gasteiger partial charge in [0.2, 0.25) is 11.1 Å². The molecule has 0 fully saturated rings. The molecular formula is C18H17N5O2S. The van der Waals surface area contributed by atoms with Crippen molar-refractivity contribution in [2.24, 2.45) is 0 Å². The fourth-order valence-corrected chi connectivity index (χ4v) is 3.69. The third-order valence-electron chi connectivity index (χ3n) is 4.25. The number of benzene rings is 2. The molecule has 0 aliphatic heterocycles. The Morgan fingerprint density at radius 3 is 2.81 bits per heavy atom. The summed E-state index contributed by atoms with van der Waals surface area (Å²) in [6.07, 6.45) is 3.39. The summed E-state index contributed by atoms with van der Waals surface area (Å²) in [6, 6.07) is 12.6. The second-order valence-electron chi connectivity index (χ2n) is 6.06. The monoisotopic (exact) mass is 367 g/mol. The lowest BCUT2D eigenvalue weighted by Crippen LogP contribution is -2.14. The van der Waals surface area contributed by atoms with E-state index >= 15 is 0 Å². The van der Waals surface area contributed by atoms with Crippen LogP contribution in [-0.2, 0) is 17.6 Å². The number of hydrogen-bond acceptors (Lipinski definition) is 6. The van der Waals surface area contributed by atoms with Crippen LogP contribution in [-0.4, -0.2) is 37.0 Å². The van der Waals surface area contributed by atoms with Gasteiger partial charge in [0.25, 0.3) is 0 Å². The average Bonchev–Trinajstić information content (AvgIpc) is 3.29. The van der Waals surface area contributed by atoms with Gasteiger partial charge in [0.1, 0.15) is 5.75 Å². The van der Waals surface area contributed by atoms with E-state index in [9.17, 15) is 9.90 Å². The number of nitrogens with one attached hydrogen (secondary N) is 1. The summed E-state index contributed by atoms with van der Waals surface area (Å²) >= 11 is 1.26. The molecule has 0 saturated heterocycles. The molecule has 4 rings (SSSR count). The molecule has 1 amide bonds. The van der Waals surface area contributed by atoms with Crippen LogP contribution in [0.2, 0.25) is 0 Å². The van der Waals surface area contributed by atoms with Gasteiger partial charge in [0.05, 0.1) is 11.4 Å². The normalized spacial score (nSPS) is 12.8. The quantitative estimate of drug-likeness (QED) is 0.674. The van der Waals surface area contributed by atoms with Crippen LogP contribution in [0.5, 0.6) is 5.75 Å². The number of fused-ring (bicyclic) bond motifs is 1. The van der Waals surface area contributed by atoms with Gasteiger partial charge in [0, 0.05) is 5.69 Å². The molecule has 132 valence electrons. The second-order valence-corrected chi connectivity index (χ2v) is 7.01. The van der Waals surface area contributed by atoms with Crippen LogP contribution in [0.15, 0.2) is 47.6 Å². The van der Waals surface area contributed by atoms with Crippen LogP contribution in [0.3, 0.4) is 0 Å². The first kappa shape index (κ1) is 16.6. The van der Waals surface area contributed by atoms with Gasteiger partial charge in [0.15, 0.2) is 0 Å². The molecule has 0 unspecified atom stereocenters. The van der Waals surface area contributed by atoms with E-state index < -0.39 is 0 Å². The Hall–Kier alpha value is -2.87. The van der Waals surface area contributed by atoms with Crippen molar-refractivity contribution < 1.29 is 9.90 Å². The Labute approximate surface area is 154 Å². The van der Waals surface area contributed by atoms with E-state index in [2.05, 4.69) is 33.0 Å². The summed E-state index contributed by atoms with van der Waals surface area (Å²) in [4.78, 5) is 12.3. The third-order valence-corrected chi connectivity index (χ3v) is 5.17. The van der Waals surface area contributed by atoms with E-state index in [0.717, 1.165) is 18.5 Å². The van der Waals surface area contributed by atoms with Crippen molar-refractivity contribution in [2.75, 3.05) is 11.1 Å². The molecule has 8 heteroatoms. The number of anilines is 1. The Morgan fingerprint density at radius 1 is 1.15 bits per heavy atom. The van der Waals surface area contributed by atoms with Crippen molar-refractivity contribution in [3.05, 3.63) is 53.6 Å². The fraction of sp³-hybridized carbons (Fsp3) is 0.222. The first-order valence-electron chi connectivity index (χ1n) is 8.31. The number of amides is 1. The van der Waals surface area contributed by atoms with Crippen molar-refractivity contribution in [3.8, 4) is 11.4 Å². The maximum absolute atomic E-state index is 12.3. The minimum Gasteiger partial charge on any atom is -0.508 e. The maximum atomic E-state index is 12.3. The molecule has 26 heavy (non-hydrogen) atoms. The number of carbonyl (C=O) groups excluding carboxylic acids is 1. The number of tetrazole rings is 1. The number of nitrogens with zero attached hydrogens (tertiary/aromatic N) is 4. The number of rotatable bonds is 5. The molecule has 1 aromatic heterocycles. The number of aryl methyl sites for hydroxylation is 2. The smallest absolute Gasteiger partial charge is 0.234 e. The minimum atomic E-state index is -0.104. The number of phenols is 1. The molecule has 0 radical (unpaired) electrons. The molecule has 2 N–H and O–H groups in total. The third kappa shape index (κ3) is 3.55. The number of hydrogen-bond donors (Lipinski definition) is 2. The van der Waals surface area contributed by atoms with Crippen molar-refractivity contribution >= 4 is 23.4 Å². The number of phenolic OH excluding ortho intramolecular Hbond substituents is 1. The van der Waals surface area contributed by atoms with Gasteiger partial charge in [-0.1, -0.05) is 17.8 Å². The highest BCUT2D eigenvalue weighted by Crippen LogP contribution is 2.25. The minimum absolute atomic E-state index is 0.104. The van der Waals surface area contributed by atoms with Crippen LogP contribution in [0.4, 0.5) is 5.69 Å². The molecule has 1 aliphatic rings. The number of aromatic nitrogens is 4. The number of thioether (sulfide) groups is 1. The van der Waals surface area contributed by atoms with E-state index in [4.69, 9.17) is 0 Å². The summed E-state index contributed by atoms with van der Waals surface area (Å²) in [5.41, 5.74) is 4.25. The van der Waals surface area contributed by atoms with Crippen molar-refractivity contribution in [2.45, 2.75) is 24.4 Å². The predicted molar refractivity (Wildman–Crippen MR) is 98.6 cm³/mol. The Bertz CT molecular complexity index is 939. The van der Waals surface area contributed by atoms with Gasteiger partial charge in [-0.25, -0.2) is 0 Å². The summed E-state index contributed by atoms with van der Waals surface area (Å²) in [5.74, 6) is 0.271. The predicted octanol–water partition coefficient (Wildman–Crippen LogP) is 2.59. The zero-order valence-electron chi connectivity index (χ0n) is 13.9. The molecule has 2 aromatic carbocycles. The van der Waals surface area contributed by atoms with E-state index in [1.165, 1.54) is 34.0 Å². The van der Waals surface area contributed by atoms with Gasteiger partial charge in [-0.3, -0.25) is 4.79 Å². The SMILES string of the molecule is O=C(CSc1nnnn1-c1ccc(O)cc1)Nc1ccc2c(c1)CCC2. The molecule has 0 atom stereocenters. The van der Waals surface area contributed by atoms with E-state index in [1.54, 1.807) is 24.3 Å². The average molecular weight is 367 g/mol. The second kappa shape index (κ2) is 7.17. The first-order chi connectivity index (χ1) is 12.7. The highest BCUT2D eigenvalue weighted by molar-refractivity contribution is 7.99. The van der Waals surface area contributed by atoms with Gasteiger partial charge >= 0.3 is 0 Å². The van der Waals surface area contributed by atoms with Crippen LogP contribution < -0.4 is 5.32 Å².